The van der Waals surface area contributed by atoms with Gasteiger partial charge in [0.15, 0.2) is 5.78 Å². The van der Waals surface area contributed by atoms with Crippen LogP contribution < -0.4 is 0 Å². The van der Waals surface area contributed by atoms with E-state index in [1.54, 1.807) is 22.6 Å². The minimum atomic E-state index is -4.58. The average molecular weight is 383 g/mol. The van der Waals surface area contributed by atoms with Crippen molar-refractivity contribution in [1.29, 1.82) is 0 Å². The quantitative estimate of drug-likeness (QED) is 0.421. The Balaban J connectivity index is 3.44. The number of Topliss-reactive ketones (excluding diaryl/α,β-unsaturated/α-hetero) is 1. The second-order valence-corrected chi connectivity index (χ2v) is 4.76. The molecule has 0 aliphatic carbocycles. The summed E-state index contributed by atoms with van der Waals surface area (Å²) in [6, 6.07) is 2.16. The Morgan fingerprint density at radius 1 is 1.38 bits per heavy atom. The lowest BCUT2D eigenvalue weighted by Crippen LogP contribution is -2.11. The van der Waals surface area contributed by atoms with Gasteiger partial charge in [0.05, 0.1) is 16.5 Å². The highest BCUT2D eigenvalue weighted by Gasteiger charge is 2.35. The van der Waals surface area contributed by atoms with Gasteiger partial charge in [-0.25, -0.2) is 0 Å². The Bertz CT molecular complexity index is 431. The lowest BCUT2D eigenvalue weighted by molar-refractivity contribution is -0.137. The number of halogens is 6. The molecule has 0 fully saturated rings. The molecule has 1 rings (SSSR count). The van der Waals surface area contributed by atoms with E-state index in [2.05, 4.69) is 0 Å². The van der Waals surface area contributed by atoms with Crippen LogP contribution >= 0.6 is 45.8 Å². The van der Waals surface area contributed by atoms with E-state index in [9.17, 15) is 18.0 Å². The molecule has 0 N–H and O–H groups in total. The van der Waals surface area contributed by atoms with Crippen LogP contribution in [0.4, 0.5) is 13.2 Å². The lowest BCUT2D eigenvalue weighted by atomic mass is 10.1. The maximum atomic E-state index is 12.5. The van der Waals surface area contributed by atoms with Crippen molar-refractivity contribution in [3.8, 4) is 0 Å². The van der Waals surface area contributed by atoms with Crippen LogP contribution in [-0.4, -0.2) is 11.7 Å². The predicted octanol–water partition coefficient (Wildman–Crippen LogP) is 4.38. The summed E-state index contributed by atoms with van der Waals surface area (Å²) in [5, 5.41) is -0.599. The molecule has 0 aromatic heterocycles. The molecule has 7 heteroatoms. The van der Waals surface area contributed by atoms with Crippen LogP contribution in [-0.2, 0) is 6.18 Å². The number of carbonyl (C=O) groups excluding carboxylic acids is 1. The molecule has 0 spiro atoms. The van der Waals surface area contributed by atoms with E-state index in [0.717, 1.165) is 6.07 Å². The number of benzene rings is 1. The molecule has 88 valence electrons. The van der Waals surface area contributed by atoms with Gasteiger partial charge in [0.25, 0.3) is 0 Å². The molecule has 1 aromatic carbocycles. The smallest absolute Gasteiger partial charge is 0.293 e. The highest BCUT2D eigenvalue weighted by molar-refractivity contribution is 14.1. The fourth-order valence-corrected chi connectivity index (χ4v) is 2.16. The van der Waals surface area contributed by atoms with Crippen molar-refractivity contribution in [2.45, 2.75) is 6.18 Å². The first-order valence-corrected chi connectivity index (χ1v) is 5.92. The van der Waals surface area contributed by atoms with Crippen molar-refractivity contribution in [3.05, 3.63) is 31.9 Å². The zero-order chi connectivity index (χ0) is 12.5. The van der Waals surface area contributed by atoms with Crippen LogP contribution in [0.3, 0.4) is 0 Å². The van der Waals surface area contributed by atoms with Crippen LogP contribution in [0.2, 0.25) is 5.02 Å². The highest BCUT2D eigenvalue weighted by atomic mass is 127. The maximum Gasteiger partial charge on any atom is 0.417 e. The molecule has 0 atom stereocenters. The molecular weight excluding hydrogens is 379 g/mol. The summed E-state index contributed by atoms with van der Waals surface area (Å²) in [6.07, 6.45) is -4.58. The zero-order valence-electron chi connectivity index (χ0n) is 7.54. The van der Waals surface area contributed by atoms with Crippen molar-refractivity contribution in [3.63, 3.8) is 0 Å². The number of hydrogen-bond acceptors (Lipinski definition) is 1. The molecule has 16 heavy (non-hydrogen) atoms. The standard InChI is InChI=1S/C9H4Cl2F3IO/c10-3-7(16)5-1-4(15)2-6(8(5)11)9(12,13)14/h1-2H,3H2. The Morgan fingerprint density at radius 2 is 1.94 bits per heavy atom. The summed E-state index contributed by atoms with van der Waals surface area (Å²) in [7, 11) is 0. The first kappa shape index (κ1) is 14.1. The second-order valence-electron chi connectivity index (χ2n) is 2.87. The first-order chi connectivity index (χ1) is 7.27. The fourth-order valence-electron chi connectivity index (χ4n) is 1.07. The first-order valence-electron chi connectivity index (χ1n) is 3.92. The topological polar surface area (TPSA) is 17.1 Å². The number of hydrogen-bond donors (Lipinski definition) is 0. The van der Waals surface area contributed by atoms with Gasteiger partial charge in [-0.05, 0) is 34.7 Å². The normalized spacial score (nSPS) is 11.6. The van der Waals surface area contributed by atoms with Gasteiger partial charge in [0.1, 0.15) is 0 Å². The van der Waals surface area contributed by atoms with Crippen LogP contribution in [0.15, 0.2) is 12.1 Å². The monoisotopic (exact) mass is 382 g/mol. The highest BCUT2D eigenvalue weighted by Crippen LogP contribution is 2.37. The van der Waals surface area contributed by atoms with Gasteiger partial charge in [-0.2, -0.15) is 13.2 Å². The third kappa shape index (κ3) is 3.01. The van der Waals surface area contributed by atoms with Gasteiger partial charge in [-0.15, -0.1) is 11.6 Å². The second kappa shape index (κ2) is 5.10. The molecule has 0 aliphatic rings. The number of ketones is 1. The van der Waals surface area contributed by atoms with Gasteiger partial charge in [0, 0.05) is 9.13 Å². The summed E-state index contributed by atoms with van der Waals surface area (Å²) in [5.74, 6) is -1.03. The van der Waals surface area contributed by atoms with Gasteiger partial charge >= 0.3 is 6.18 Å². The van der Waals surface area contributed by atoms with Gasteiger partial charge in [-0.1, -0.05) is 11.6 Å². The molecule has 0 radical (unpaired) electrons. The summed E-state index contributed by atoms with van der Waals surface area (Å²) in [4.78, 5) is 11.3. The van der Waals surface area contributed by atoms with Crippen molar-refractivity contribution < 1.29 is 18.0 Å². The van der Waals surface area contributed by atoms with Crippen LogP contribution in [0.1, 0.15) is 15.9 Å². The minimum absolute atomic E-state index is 0.198. The summed E-state index contributed by atoms with van der Waals surface area (Å²) in [5.41, 5.74) is -1.22. The molecule has 0 heterocycles. The molecule has 0 amide bonds. The third-order valence-electron chi connectivity index (χ3n) is 1.76. The molecule has 0 saturated carbocycles. The summed E-state index contributed by atoms with van der Waals surface area (Å²) in [6.45, 7) is 0. The van der Waals surface area contributed by atoms with Crippen molar-refractivity contribution >= 4 is 51.6 Å². The molecule has 0 unspecified atom stereocenters. The lowest BCUT2D eigenvalue weighted by Gasteiger charge is -2.12. The molecular formula is C9H4Cl2F3IO. The SMILES string of the molecule is O=C(CCl)c1cc(I)cc(C(F)(F)F)c1Cl. The number of carbonyl (C=O) groups is 1. The van der Waals surface area contributed by atoms with Crippen molar-refractivity contribution in [2.24, 2.45) is 0 Å². The Morgan fingerprint density at radius 3 is 2.38 bits per heavy atom. The summed E-state index contributed by atoms with van der Waals surface area (Å²) < 4.78 is 37.9. The van der Waals surface area contributed by atoms with Gasteiger partial charge in [-0.3, -0.25) is 4.79 Å². The van der Waals surface area contributed by atoms with Gasteiger partial charge in [0.2, 0.25) is 0 Å². The van der Waals surface area contributed by atoms with Crippen LogP contribution in [0.5, 0.6) is 0 Å². The molecule has 0 aliphatic heterocycles. The zero-order valence-corrected chi connectivity index (χ0v) is 11.2. The van der Waals surface area contributed by atoms with E-state index in [-0.39, 0.29) is 9.13 Å². The van der Waals surface area contributed by atoms with E-state index in [1.807, 2.05) is 0 Å². The van der Waals surface area contributed by atoms with Crippen LogP contribution in [0, 0.1) is 3.57 Å². The Labute approximate surface area is 113 Å². The predicted molar refractivity (Wildman–Crippen MR) is 64.2 cm³/mol. The molecule has 0 bridgehead atoms. The molecule has 1 nitrogen and oxygen atoms in total. The van der Waals surface area contributed by atoms with Crippen LogP contribution in [0.25, 0.3) is 0 Å². The maximum absolute atomic E-state index is 12.5. The van der Waals surface area contributed by atoms with Crippen molar-refractivity contribution in [2.75, 3.05) is 5.88 Å². The number of alkyl halides is 4. The van der Waals surface area contributed by atoms with Crippen molar-refractivity contribution in [1.82, 2.24) is 0 Å². The fraction of sp³-hybridized carbons (Fsp3) is 0.222. The minimum Gasteiger partial charge on any atom is -0.293 e. The largest absolute Gasteiger partial charge is 0.417 e. The van der Waals surface area contributed by atoms with E-state index < -0.39 is 28.4 Å². The van der Waals surface area contributed by atoms with E-state index in [1.165, 1.54) is 6.07 Å². The van der Waals surface area contributed by atoms with E-state index in [4.69, 9.17) is 23.2 Å². The van der Waals surface area contributed by atoms with E-state index in [0.29, 0.717) is 0 Å². The summed E-state index contributed by atoms with van der Waals surface area (Å²) >= 11 is 12.5. The average Bonchev–Trinajstić information content (AvgIpc) is 2.18. The number of rotatable bonds is 2. The Hall–Kier alpha value is -0.0100. The molecule has 1 aromatic rings. The molecule has 0 saturated heterocycles. The van der Waals surface area contributed by atoms with E-state index >= 15 is 0 Å². The Kier molecular flexibility index (Phi) is 4.48. The van der Waals surface area contributed by atoms with Gasteiger partial charge < -0.3 is 0 Å². The third-order valence-corrected chi connectivity index (χ3v) is 3.04.